The van der Waals surface area contributed by atoms with E-state index in [0.717, 1.165) is 41.2 Å². The molecule has 0 atom stereocenters. The maximum Gasteiger partial charge on any atom is 0.190 e. The Balaban J connectivity index is 1.70. The van der Waals surface area contributed by atoms with Gasteiger partial charge in [0, 0.05) is 22.7 Å². The third-order valence-electron chi connectivity index (χ3n) is 4.56. The van der Waals surface area contributed by atoms with E-state index in [0.29, 0.717) is 16.8 Å². The van der Waals surface area contributed by atoms with Gasteiger partial charge in [0.25, 0.3) is 0 Å². The van der Waals surface area contributed by atoms with Crippen molar-refractivity contribution >= 4 is 11.6 Å². The SMILES string of the molecule is Clc1cccc(-c2nc(C3CC3)ncc2-c2nnnn2-c2ccccc2)c1. The van der Waals surface area contributed by atoms with Crippen LogP contribution in [0.5, 0.6) is 0 Å². The van der Waals surface area contributed by atoms with E-state index < -0.39 is 0 Å². The molecule has 0 saturated heterocycles. The summed E-state index contributed by atoms with van der Waals surface area (Å²) >= 11 is 6.22. The zero-order valence-electron chi connectivity index (χ0n) is 14.3. The van der Waals surface area contributed by atoms with Crippen molar-refractivity contribution in [3.8, 4) is 28.3 Å². The molecule has 4 aromatic rings. The number of hydrogen-bond acceptors (Lipinski definition) is 5. The van der Waals surface area contributed by atoms with Crippen LogP contribution in [0.2, 0.25) is 5.02 Å². The molecule has 0 spiro atoms. The summed E-state index contributed by atoms with van der Waals surface area (Å²) in [5, 5.41) is 12.9. The third-order valence-corrected chi connectivity index (χ3v) is 4.79. The smallest absolute Gasteiger partial charge is 0.190 e. The van der Waals surface area contributed by atoms with Crippen LogP contribution >= 0.6 is 11.6 Å². The van der Waals surface area contributed by atoms with Crippen LogP contribution in [-0.4, -0.2) is 30.2 Å². The van der Waals surface area contributed by atoms with Crippen LogP contribution in [-0.2, 0) is 0 Å². The number of aromatic nitrogens is 6. The van der Waals surface area contributed by atoms with Gasteiger partial charge in [-0.15, -0.1) is 5.10 Å². The van der Waals surface area contributed by atoms with Gasteiger partial charge in [0.2, 0.25) is 0 Å². The highest BCUT2D eigenvalue weighted by Gasteiger charge is 2.28. The van der Waals surface area contributed by atoms with Crippen molar-refractivity contribution in [1.82, 2.24) is 30.2 Å². The van der Waals surface area contributed by atoms with Crippen LogP contribution in [0.4, 0.5) is 0 Å². The second-order valence-electron chi connectivity index (χ2n) is 6.52. The Hall–Kier alpha value is -3.12. The summed E-state index contributed by atoms with van der Waals surface area (Å²) in [6, 6.07) is 17.4. The third kappa shape index (κ3) is 3.08. The van der Waals surface area contributed by atoms with Crippen LogP contribution in [0, 0.1) is 0 Å². The molecule has 0 N–H and O–H groups in total. The number of para-hydroxylation sites is 1. The summed E-state index contributed by atoms with van der Waals surface area (Å²) in [5.41, 5.74) is 3.36. The minimum absolute atomic E-state index is 0.446. The van der Waals surface area contributed by atoms with Crippen molar-refractivity contribution in [2.24, 2.45) is 0 Å². The van der Waals surface area contributed by atoms with Gasteiger partial charge in [-0.3, -0.25) is 0 Å². The Kier molecular flexibility index (Phi) is 3.90. The molecule has 1 fully saturated rings. The van der Waals surface area contributed by atoms with Gasteiger partial charge in [-0.05, 0) is 47.5 Å². The van der Waals surface area contributed by atoms with Crippen LogP contribution in [0.25, 0.3) is 28.3 Å². The lowest BCUT2D eigenvalue weighted by Gasteiger charge is -2.11. The Labute approximate surface area is 160 Å². The Bertz CT molecular complexity index is 1100. The molecule has 2 heterocycles. The molecule has 6 nitrogen and oxygen atoms in total. The molecule has 5 rings (SSSR count). The molecule has 1 saturated carbocycles. The number of tetrazole rings is 1. The van der Waals surface area contributed by atoms with E-state index in [2.05, 4.69) is 20.5 Å². The van der Waals surface area contributed by atoms with E-state index >= 15 is 0 Å². The predicted molar refractivity (Wildman–Crippen MR) is 103 cm³/mol. The van der Waals surface area contributed by atoms with E-state index in [1.165, 1.54) is 0 Å². The number of rotatable bonds is 4. The van der Waals surface area contributed by atoms with E-state index in [1.807, 2.05) is 60.8 Å². The monoisotopic (exact) mass is 374 g/mol. The zero-order valence-corrected chi connectivity index (χ0v) is 15.1. The van der Waals surface area contributed by atoms with Crippen molar-refractivity contribution in [1.29, 1.82) is 0 Å². The molecule has 0 aliphatic heterocycles. The van der Waals surface area contributed by atoms with Crippen LogP contribution < -0.4 is 0 Å². The second kappa shape index (κ2) is 6.55. The zero-order chi connectivity index (χ0) is 18.2. The average molecular weight is 375 g/mol. The minimum Gasteiger partial charge on any atom is -0.240 e. The van der Waals surface area contributed by atoms with Crippen LogP contribution in [0.3, 0.4) is 0 Å². The maximum absolute atomic E-state index is 6.22. The van der Waals surface area contributed by atoms with E-state index in [-0.39, 0.29) is 0 Å². The molecule has 2 aromatic carbocycles. The first-order valence-electron chi connectivity index (χ1n) is 8.76. The largest absolute Gasteiger partial charge is 0.240 e. The van der Waals surface area contributed by atoms with Gasteiger partial charge < -0.3 is 0 Å². The van der Waals surface area contributed by atoms with Crippen molar-refractivity contribution in [3.63, 3.8) is 0 Å². The van der Waals surface area contributed by atoms with Gasteiger partial charge in [0.15, 0.2) is 5.82 Å². The van der Waals surface area contributed by atoms with E-state index in [9.17, 15) is 0 Å². The van der Waals surface area contributed by atoms with Gasteiger partial charge >= 0.3 is 0 Å². The molecule has 1 aliphatic carbocycles. The fourth-order valence-corrected chi connectivity index (χ4v) is 3.24. The number of nitrogens with zero attached hydrogens (tertiary/aromatic N) is 6. The van der Waals surface area contributed by atoms with Gasteiger partial charge in [-0.25, -0.2) is 9.97 Å². The molecule has 0 amide bonds. The highest BCUT2D eigenvalue weighted by molar-refractivity contribution is 6.30. The molecule has 0 bridgehead atoms. The molecular weight excluding hydrogens is 360 g/mol. The number of halogens is 1. The van der Waals surface area contributed by atoms with Gasteiger partial charge in [0.05, 0.1) is 16.9 Å². The molecule has 132 valence electrons. The van der Waals surface area contributed by atoms with Crippen molar-refractivity contribution in [3.05, 3.63) is 71.6 Å². The maximum atomic E-state index is 6.22. The van der Waals surface area contributed by atoms with Crippen molar-refractivity contribution in [2.45, 2.75) is 18.8 Å². The Morgan fingerprint density at radius 1 is 1.00 bits per heavy atom. The van der Waals surface area contributed by atoms with Gasteiger partial charge in [-0.2, -0.15) is 4.68 Å². The van der Waals surface area contributed by atoms with E-state index in [4.69, 9.17) is 16.6 Å². The lowest BCUT2D eigenvalue weighted by atomic mass is 10.1. The summed E-state index contributed by atoms with van der Waals surface area (Å²) in [6.07, 6.45) is 4.09. The summed E-state index contributed by atoms with van der Waals surface area (Å²) in [4.78, 5) is 9.45. The standard InChI is InChI=1S/C20H15ClN6/c21-15-6-4-5-14(11-15)18-17(12-22-19(23-18)13-9-10-13)20-24-25-26-27(20)16-7-2-1-3-8-16/h1-8,11-13H,9-10H2. The second-order valence-corrected chi connectivity index (χ2v) is 6.96. The summed E-state index contributed by atoms with van der Waals surface area (Å²) < 4.78 is 1.70. The predicted octanol–water partition coefficient (Wildman–Crippen LogP) is 4.32. The first-order valence-corrected chi connectivity index (χ1v) is 9.14. The molecule has 1 aliphatic rings. The molecule has 27 heavy (non-hydrogen) atoms. The molecule has 0 radical (unpaired) electrons. The highest BCUT2D eigenvalue weighted by atomic mass is 35.5. The first-order chi connectivity index (χ1) is 13.3. The molecule has 0 unspecified atom stereocenters. The van der Waals surface area contributed by atoms with Crippen LogP contribution in [0.1, 0.15) is 24.6 Å². The summed E-state index contributed by atoms with van der Waals surface area (Å²) in [5.74, 6) is 1.91. The minimum atomic E-state index is 0.446. The van der Waals surface area contributed by atoms with Gasteiger partial charge in [-0.1, -0.05) is 41.9 Å². The molecular formula is C20H15ClN6. The normalized spacial score (nSPS) is 13.7. The Morgan fingerprint density at radius 2 is 1.85 bits per heavy atom. The van der Waals surface area contributed by atoms with Crippen molar-refractivity contribution < 1.29 is 0 Å². The molecule has 2 aromatic heterocycles. The lowest BCUT2D eigenvalue weighted by Crippen LogP contribution is -2.04. The fraction of sp³-hybridized carbons (Fsp3) is 0.150. The molecule has 7 heteroatoms. The number of hydrogen-bond donors (Lipinski definition) is 0. The summed E-state index contributed by atoms with van der Waals surface area (Å²) in [7, 11) is 0. The first kappa shape index (κ1) is 16.1. The average Bonchev–Trinajstić information content (AvgIpc) is 3.45. The van der Waals surface area contributed by atoms with Crippen LogP contribution in [0.15, 0.2) is 60.8 Å². The fourth-order valence-electron chi connectivity index (χ4n) is 3.05. The topological polar surface area (TPSA) is 69.4 Å². The van der Waals surface area contributed by atoms with Crippen molar-refractivity contribution in [2.75, 3.05) is 0 Å². The summed E-state index contributed by atoms with van der Waals surface area (Å²) in [6.45, 7) is 0. The quantitative estimate of drug-likeness (QED) is 0.532. The lowest BCUT2D eigenvalue weighted by molar-refractivity contribution is 0.791. The highest BCUT2D eigenvalue weighted by Crippen LogP contribution is 2.40. The Morgan fingerprint density at radius 3 is 2.63 bits per heavy atom. The number of benzene rings is 2. The van der Waals surface area contributed by atoms with E-state index in [1.54, 1.807) is 4.68 Å². The van der Waals surface area contributed by atoms with Gasteiger partial charge in [0.1, 0.15) is 5.82 Å².